The van der Waals surface area contributed by atoms with E-state index in [4.69, 9.17) is 5.11 Å². The van der Waals surface area contributed by atoms with Crippen LogP contribution in [0.25, 0.3) is 21.0 Å². The fraction of sp³-hybridized carbons (Fsp3) is 0.200. The second-order valence-corrected chi connectivity index (χ2v) is 5.75. The number of thiazole rings is 1. The third-order valence-electron chi connectivity index (χ3n) is 3.33. The summed E-state index contributed by atoms with van der Waals surface area (Å²) in [5, 5.41) is 12.4. The third kappa shape index (κ3) is 2.55. The lowest BCUT2D eigenvalue weighted by Crippen LogP contribution is -3.00. The zero-order valence-electron chi connectivity index (χ0n) is 11.0. The highest BCUT2D eigenvalue weighted by atomic mass is 79.9. The molecule has 0 aliphatic rings. The molecule has 3 rings (SSSR count). The minimum absolute atomic E-state index is 0. The smallest absolute Gasteiger partial charge is 0.309 e. The standard InChI is InChI=1S/C15H13NO2S.BrH/c1-10-16(9-8-14(17)18)13-7-6-11-4-2-3-5-12(11)15(13)19-10;/h2-7H,8-9H2,1H3;1H. The van der Waals surface area contributed by atoms with Gasteiger partial charge in [-0.1, -0.05) is 35.6 Å². The Morgan fingerprint density at radius 2 is 2.00 bits per heavy atom. The molecule has 0 radical (unpaired) electrons. The fourth-order valence-electron chi connectivity index (χ4n) is 2.41. The number of nitrogens with zero attached hydrogens (tertiary/aromatic N) is 1. The Hall–Kier alpha value is -1.46. The first kappa shape index (κ1) is 14.9. The van der Waals surface area contributed by atoms with E-state index < -0.39 is 5.97 Å². The quantitative estimate of drug-likeness (QED) is 0.681. The summed E-state index contributed by atoms with van der Waals surface area (Å²) < 4.78 is 3.33. The maximum atomic E-state index is 10.7. The van der Waals surface area contributed by atoms with E-state index in [0.717, 1.165) is 10.5 Å². The summed E-state index contributed by atoms with van der Waals surface area (Å²) in [7, 11) is 0. The second kappa shape index (κ2) is 5.89. The van der Waals surface area contributed by atoms with Gasteiger partial charge in [-0.15, -0.1) is 0 Å². The average Bonchev–Trinajstić information content (AvgIpc) is 2.72. The van der Waals surface area contributed by atoms with E-state index in [1.165, 1.54) is 15.5 Å². The molecule has 0 spiro atoms. The maximum Gasteiger partial charge on any atom is 0.309 e. The van der Waals surface area contributed by atoms with Crippen LogP contribution < -0.4 is 21.5 Å². The van der Waals surface area contributed by atoms with Crippen molar-refractivity contribution in [2.24, 2.45) is 0 Å². The molecule has 0 bridgehead atoms. The number of hydrogen-bond acceptors (Lipinski definition) is 2. The van der Waals surface area contributed by atoms with Crippen LogP contribution in [-0.4, -0.2) is 11.1 Å². The Morgan fingerprint density at radius 1 is 1.25 bits per heavy atom. The summed E-state index contributed by atoms with van der Waals surface area (Å²) in [5.41, 5.74) is 1.13. The van der Waals surface area contributed by atoms with Crippen molar-refractivity contribution in [3.05, 3.63) is 41.4 Å². The molecular formula is C15H14BrNO2S. The van der Waals surface area contributed by atoms with Crippen LogP contribution in [0.4, 0.5) is 0 Å². The molecule has 0 fully saturated rings. The monoisotopic (exact) mass is 351 g/mol. The molecule has 0 aliphatic heterocycles. The van der Waals surface area contributed by atoms with Gasteiger partial charge in [-0.25, -0.2) is 0 Å². The first-order chi connectivity index (χ1) is 9.16. The van der Waals surface area contributed by atoms with Crippen molar-refractivity contribution in [2.45, 2.75) is 19.9 Å². The lowest BCUT2D eigenvalue weighted by molar-refractivity contribution is -0.671. The molecule has 5 heteroatoms. The first-order valence-corrected chi connectivity index (χ1v) is 7.01. The van der Waals surface area contributed by atoms with Crippen molar-refractivity contribution >= 4 is 38.3 Å². The van der Waals surface area contributed by atoms with Gasteiger partial charge in [-0.3, -0.25) is 4.79 Å². The van der Waals surface area contributed by atoms with Gasteiger partial charge in [-0.05, 0) is 11.5 Å². The normalized spacial score (nSPS) is 10.7. The van der Waals surface area contributed by atoms with E-state index in [0.29, 0.717) is 6.54 Å². The van der Waals surface area contributed by atoms with E-state index in [9.17, 15) is 4.79 Å². The Morgan fingerprint density at radius 3 is 2.75 bits per heavy atom. The largest absolute Gasteiger partial charge is 1.00 e. The molecule has 1 heterocycles. The summed E-state index contributed by atoms with van der Waals surface area (Å²) in [6.07, 6.45) is 0.157. The predicted molar refractivity (Wildman–Crippen MR) is 76.5 cm³/mol. The highest BCUT2D eigenvalue weighted by Gasteiger charge is 2.19. The number of rotatable bonds is 3. The van der Waals surface area contributed by atoms with Crippen molar-refractivity contribution < 1.29 is 31.4 Å². The average molecular weight is 352 g/mol. The Balaban J connectivity index is 0.00000147. The lowest BCUT2D eigenvalue weighted by atomic mass is 10.1. The minimum atomic E-state index is -0.757. The summed E-state index contributed by atoms with van der Waals surface area (Å²) >= 11 is 1.73. The number of carboxylic acid groups (broad SMARTS) is 1. The van der Waals surface area contributed by atoms with Gasteiger partial charge in [-0.2, -0.15) is 4.57 Å². The molecule has 0 aliphatic carbocycles. The number of benzene rings is 2. The number of hydrogen-bond donors (Lipinski definition) is 1. The first-order valence-electron chi connectivity index (χ1n) is 6.19. The Bertz CT molecular complexity index is 782. The summed E-state index contributed by atoms with van der Waals surface area (Å²) in [6, 6.07) is 12.5. The Kier molecular flexibility index (Phi) is 4.40. The van der Waals surface area contributed by atoms with Crippen molar-refractivity contribution in [3.63, 3.8) is 0 Å². The van der Waals surface area contributed by atoms with Crippen LogP contribution in [0.15, 0.2) is 36.4 Å². The molecule has 0 amide bonds. The minimum Gasteiger partial charge on any atom is -1.00 e. The summed E-state index contributed by atoms with van der Waals surface area (Å²) in [5.74, 6) is -0.757. The van der Waals surface area contributed by atoms with Crippen LogP contribution in [0.5, 0.6) is 0 Å². The van der Waals surface area contributed by atoms with Crippen molar-refractivity contribution in [3.8, 4) is 0 Å². The lowest BCUT2D eigenvalue weighted by Gasteiger charge is -1.97. The number of aliphatic carboxylic acids is 1. The van der Waals surface area contributed by atoms with Gasteiger partial charge in [0.2, 0.25) is 10.5 Å². The molecule has 0 unspecified atom stereocenters. The molecule has 3 nitrogen and oxygen atoms in total. The predicted octanol–water partition coefficient (Wildman–Crippen LogP) is 0.129. The fourth-order valence-corrected chi connectivity index (χ4v) is 3.58. The summed E-state index contributed by atoms with van der Waals surface area (Å²) in [4.78, 5) is 10.7. The molecule has 0 saturated carbocycles. The van der Waals surface area contributed by atoms with Gasteiger partial charge in [0.1, 0.15) is 11.1 Å². The molecule has 1 aromatic heterocycles. The van der Waals surface area contributed by atoms with Crippen LogP contribution in [0.2, 0.25) is 0 Å². The zero-order valence-corrected chi connectivity index (χ0v) is 13.4. The molecule has 2 aromatic carbocycles. The number of carbonyl (C=O) groups is 1. The van der Waals surface area contributed by atoms with Gasteiger partial charge < -0.3 is 22.1 Å². The van der Waals surface area contributed by atoms with E-state index in [1.54, 1.807) is 11.3 Å². The van der Waals surface area contributed by atoms with Crippen LogP contribution >= 0.6 is 11.3 Å². The number of halogens is 1. The summed E-state index contributed by atoms with van der Waals surface area (Å²) in [6.45, 7) is 2.57. The number of fused-ring (bicyclic) bond motifs is 3. The third-order valence-corrected chi connectivity index (χ3v) is 4.48. The molecule has 1 N–H and O–H groups in total. The number of aromatic nitrogens is 1. The van der Waals surface area contributed by atoms with Crippen LogP contribution in [0.3, 0.4) is 0 Å². The van der Waals surface area contributed by atoms with Gasteiger partial charge >= 0.3 is 5.97 Å². The van der Waals surface area contributed by atoms with Crippen molar-refractivity contribution in [1.29, 1.82) is 0 Å². The molecule has 0 atom stereocenters. The van der Waals surface area contributed by atoms with Crippen LogP contribution in [0, 0.1) is 6.92 Å². The van der Waals surface area contributed by atoms with Crippen LogP contribution in [0.1, 0.15) is 11.4 Å². The number of aryl methyl sites for hydroxylation is 2. The molecular weight excluding hydrogens is 338 g/mol. The zero-order chi connectivity index (χ0) is 13.4. The van der Waals surface area contributed by atoms with Crippen molar-refractivity contribution in [2.75, 3.05) is 0 Å². The van der Waals surface area contributed by atoms with E-state index in [2.05, 4.69) is 28.8 Å². The van der Waals surface area contributed by atoms with Gasteiger partial charge in [0.05, 0.1) is 0 Å². The van der Waals surface area contributed by atoms with Gasteiger partial charge in [0.25, 0.3) is 0 Å². The second-order valence-electron chi connectivity index (χ2n) is 4.55. The molecule has 104 valence electrons. The van der Waals surface area contributed by atoms with E-state index in [-0.39, 0.29) is 23.4 Å². The van der Waals surface area contributed by atoms with E-state index >= 15 is 0 Å². The van der Waals surface area contributed by atoms with Gasteiger partial charge in [0.15, 0.2) is 6.54 Å². The molecule has 3 aromatic rings. The molecule has 20 heavy (non-hydrogen) atoms. The SMILES string of the molecule is Cc1sc2c3ccccc3ccc2[n+]1CCC(=O)O.[Br-]. The van der Waals surface area contributed by atoms with E-state index in [1.807, 2.05) is 19.1 Å². The van der Waals surface area contributed by atoms with Crippen molar-refractivity contribution in [1.82, 2.24) is 0 Å². The number of carboxylic acids is 1. The topological polar surface area (TPSA) is 41.2 Å². The highest BCUT2D eigenvalue weighted by molar-refractivity contribution is 7.19. The molecule has 0 saturated heterocycles. The maximum absolute atomic E-state index is 10.7. The Labute approximate surface area is 131 Å². The highest BCUT2D eigenvalue weighted by Crippen LogP contribution is 2.28. The van der Waals surface area contributed by atoms with Gasteiger partial charge in [0, 0.05) is 18.4 Å². The van der Waals surface area contributed by atoms with Crippen LogP contribution in [-0.2, 0) is 11.3 Å².